The summed E-state index contributed by atoms with van der Waals surface area (Å²) in [7, 11) is 0. The second kappa shape index (κ2) is 7.63. The van der Waals surface area contributed by atoms with Crippen LogP contribution in [0.2, 0.25) is 0 Å². The van der Waals surface area contributed by atoms with Crippen molar-refractivity contribution in [3.8, 4) is 0 Å². The number of anilines is 1. The van der Waals surface area contributed by atoms with Crippen LogP contribution in [0.25, 0.3) is 10.1 Å². The van der Waals surface area contributed by atoms with Crippen molar-refractivity contribution in [1.82, 2.24) is 5.32 Å². The molecular weight excluding hydrogens is 311 g/mol. The second-order valence-electron chi connectivity index (χ2n) is 4.40. The zero-order chi connectivity index (χ0) is 15.2. The number of nitrogens with two attached hydrogens (primary N) is 1. The summed E-state index contributed by atoms with van der Waals surface area (Å²) in [6, 6.07) is 4.69. The standard InChI is InChI=1S/C14H17FN2O2S2/c15-9-3-1-4-10-11(9)12(16)13(21-10)14(19)17-5-8-20-7-2-6-18/h1,3-4,18H,2,5-8,16H2,(H,17,19). The number of nitrogens with one attached hydrogen (secondary N) is 1. The van der Waals surface area contributed by atoms with E-state index >= 15 is 0 Å². The van der Waals surface area contributed by atoms with Crippen molar-refractivity contribution in [2.75, 3.05) is 30.4 Å². The maximum absolute atomic E-state index is 13.7. The zero-order valence-corrected chi connectivity index (χ0v) is 13.0. The molecule has 21 heavy (non-hydrogen) atoms. The number of carbonyl (C=O) groups is 1. The van der Waals surface area contributed by atoms with Gasteiger partial charge in [0.15, 0.2) is 0 Å². The Hall–Kier alpha value is -1.31. The van der Waals surface area contributed by atoms with Gasteiger partial charge >= 0.3 is 0 Å². The minimum Gasteiger partial charge on any atom is -0.397 e. The molecule has 0 radical (unpaired) electrons. The fraction of sp³-hybridized carbons (Fsp3) is 0.357. The summed E-state index contributed by atoms with van der Waals surface area (Å²) in [6.45, 7) is 0.703. The molecule has 0 saturated heterocycles. The van der Waals surface area contributed by atoms with E-state index in [1.165, 1.54) is 17.4 Å². The first kappa shape index (κ1) is 16.1. The number of amides is 1. The summed E-state index contributed by atoms with van der Waals surface area (Å²) in [4.78, 5) is 12.4. The van der Waals surface area contributed by atoms with Crippen LogP contribution in [0.3, 0.4) is 0 Å². The first-order valence-electron chi connectivity index (χ1n) is 6.58. The van der Waals surface area contributed by atoms with E-state index in [1.54, 1.807) is 23.9 Å². The summed E-state index contributed by atoms with van der Waals surface area (Å²) in [6.07, 6.45) is 0.751. The van der Waals surface area contributed by atoms with E-state index in [9.17, 15) is 9.18 Å². The number of hydrogen-bond acceptors (Lipinski definition) is 5. The number of carbonyl (C=O) groups excluding carboxylic acids is 1. The summed E-state index contributed by atoms with van der Waals surface area (Å²) in [5.41, 5.74) is 6.09. The third-order valence-electron chi connectivity index (χ3n) is 2.89. The highest BCUT2D eigenvalue weighted by Crippen LogP contribution is 2.35. The lowest BCUT2D eigenvalue weighted by molar-refractivity contribution is 0.0961. The molecule has 0 saturated carbocycles. The fourth-order valence-corrected chi connectivity index (χ4v) is 3.72. The molecule has 114 valence electrons. The Morgan fingerprint density at radius 2 is 2.24 bits per heavy atom. The highest BCUT2D eigenvalue weighted by atomic mass is 32.2. The first-order valence-corrected chi connectivity index (χ1v) is 8.55. The zero-order valence-electron chi connectivity index (χ0n) is 11.4. The molecule has 1 heterocycles. The smallest absolute Gasteiger partial charge is 0.263 e. The van der Waals surface area contributed by atoms with Crippen molar-refractivity contribution in [3.63, 3.8) is 0 Å². The van der Waals surface area contributed by atoms with Gasteiger partial charge in [-0.2, -0.15) is 11.8 Å². The van der Waals surface area contributed by atoms with Crippen molar-refractivity contribution in [1.29, 1.82) is 0 Å². The summed E-state index contributed by atoms with van der Waals surface area (Å²) >= 11 is 2.87. The number of thioether (sulfide) groups is 1. The predicted molar refractivity (Wildman–Crippen MR) is 87.6 cm³/mol. The van der Waals surface area contributed by atoms with Gasteiger partial charge in [0.05, 0.1) is 11.1 Å². The van der Waals surface area contributed by atoms with E-state index in [4.69, 9.17) is 10.8 Å². The van der Waals surface area contributed by atoms with Crippen molar-refractivity contribution < 1.29 is 14.3 Å². The van der Waals surface area contributed by atoms with Crippen molar-refractivity contribution >= 4 is 44.8 Å². The molecule has 2 rings (SSSR count). The van der Waals surface area contributed by atoms with Gasteiger partial charge in [-0.05, 0) is 24.3 Å². The third-order valence-corrected chi connectivity index (χ3v) is 5.13. The maximum Gasteiger partial charge on any atom is 0.263 e. The average molecular weight is 328 g/mol. The number of fused-ring (bicyclic) bond motifs is 1. The molecule has 0 aliphatic carbocycles. The number of thiophene rings is 1. The number of halogens is 1. The highest BCUT2D eigenvalue weighted by molar-refractivity contribution is 7.99. The van der Waals surface area contributed by atoms with E-state index in [0.29, 0.717) is 21.5 Å². The summed E-state index contributed by atoms with van der Waals surface area (Å²) < 4.78 is 14.4. The number of rotatable bonds is 7. The second-order valence-corrected chi connectivity index (χ2v) is 6.68. The minimum absolute atomic E-state index is 0.184. The van der Waals surface area contributed by atoms with Gasteiger partial charge in [-0.3, -0.25) is 4.79 Å². The molecule has 0 spiro atoms. The average Bonchev–Trinajstić information content (AvgIpc) is 2.81. The van der Waals surface area contributed by atoms with Gasteiger partial charge in [0.2, 0.25) is 0 Å². The lowest BCUT2D eigenvalue weighted by atomic mass is 10.2. The first-order chi connectivity index (χ1) is 10.1. The number of nitrogen functional groups attached to an aromatic ring is 1. The number of aliphatic hydroxyl groups is 1. The van der Waals surface area contributed by atoms with Gasteiger partial charge in [0, 0.05) is 23.6 Å². The Balaban J connectivity index is 1.97. The molecule has 2 aromatic rings. The van der Waals surface area contributed by atoms with E-state index in [-0.39, 0.29) is 18.2 Å². The lowest BCUT2D eigenvalue weighted by Gasteiger charge is -2.04. The Kier molecular flexibility index (Phi) is 5.84. The highest BCUT2D eigenvalue weighted by Gasteiger charge is 2.18. The Morgan fingerprint density at radius 3 is 2.95 bits per heavy atom. The van der Waals surface area contributed by atoms with Gasteiger partial charge < -0.3 is 16.2 Å². The number of benzene rings is 1. The number of hydrogen-bond donors (Lipinski definition) is 3. The molecule has 4 N–H and O–H groups in total. The molecule has 0 aliphatic rings. The molecular formula is C14H17FN2O2S2. The largest absolute Gasteiger partial charge is 0.397 e. The van der Waals surface area contributed by atoms with Crippen molar-refractivity contribution in [2.45, 2.75) is 6.42 Å². The van der Waals surface area contributed by atoms with Crippen molar-refractivity contribution in [3.05, 3.63) is 28.9 Å². The Bertz CT molecular complexity index is 631. The maximum atomic E-state index is 13.7. The molecule has 0 unspecified atom stereocenters. The molecule has 0 aliphatic heterocycles. The van der Waals surface area contributed by atoms with Gasteiger partial charge in [-0.15, -0.1) is 11.3 Å². The molecule has 1 aromatic carbocycles. The van der Waals surface area contributed by atoms with Gasteiger partial charge in [-0.25, -0.2) is 4.39 Å². The predicted octanol–water partition coefficient (Wildman–Crippen LogP) is 2.47. The fourth-order valence-electron chi connectivity index (χ4n) is 1.88. The van der Waals surface area contributed by atoms with E-state index in [1.807, 2.05) is 0 Å². The van der Waals surface area contributed by atoms with Gasteiger partial charge in [0.1, 0.15) is 10.7 Å². The normalized spacial score (nSPS) is 11.0. The van der Waals surface area contributed by atoms with Crippen molar-refractivity contribution in [2.24, 2.45) is 0 Å². The molecule has 7 heteroatoms. The quantitative estimate of drug-likeness (QED) is 0.683. The summed E-state index contributed by atoms with van der Waals surface area (Å²) in [5.74, 6) is 0.962. The third kappa shape index (κ3) is 3.87. The van der Waals surface area contributed by atoms with Crippen LogP contribution in [0.1, 0.15) is 16.1 Å². The van der Waals surface area contributed by atoms with Crippen LogP contribution >= 0.6 is 23.1 Å². The summed E-state index contributed by atoms with van der Waals surface area (Å²) in [5, 5.41) is 11.8. The molecule has 1 amide bonds. The van der Waals surface area contributed by atoms with E-state index in [0.717, 1.165) is 17.9 Å². The molecule has 0 fully saturated rings. The molecule has 0 bridgehead atoms. The van der Waals surface area contributed by atoms with Crippen LogP contribution in [-0.2, 0) is 0 Å². The van der Waals surface area contributed by atoms with Crippen LogP contribution in [0.4, 0.5) is 10.1 Å². The van der Waals surface area contributed by atoms with E-state index in [2.05, 4.69) is 5.32 Å². The van der Waals surface area contributed by atoms with Crippen LogP contribution in [0.15, 0.2) is 18.2 Å². The molecule has 4 nitrogen and oxygen atoms in total. The Labute approximate surface area is 130 Å². The van der Waals surface area contributed by atoms with E-state index < -0.39 is 5.82 Å². The SMILES string of the molecule is Nc1c(C(=O)NCCSCCCO)sc2cccc(F)c12. The van der Waals surface area contributed by atoms with Crippen LogP contribution < -0.4 is 11.1 Å². The van der Waals surface area contributed by atoms with Crippen LogP contribution in [0, 0.1) is 5.82 Å². The van der Waals surface area contributed by atoms with Crippen LogP contribution in [-0.4, -0.2) is 35.7 Å². The number of aliphatic hydroxyl groups excluding tert-OH is 1. The lowest BCUT2D eigenvalue weighted by Crippen LogP contribution is -2.25. The monoisotopic (exact) mass is 328 g/mol. The Morgan fingerprint density at radius 1 is 1.43 bits per heavy atom. The van der Waals surface area contributed by atoms with Crippen LogP contribution in [0.5, 0.6) is 0 Å². The molecule has 1 aromatic heterocycles. The van der Waals surface area contributed by atoms with Gasteiger partial charge in [0.25, 0.3) is 5.91 Å². The molecule has 0 atom stereocenters. The minimum atomic E-state index is -0.403. The topological polar surface area (TPSA) is 75.4 Å². The van der Waals surface area contributed by atoms with Gasteiger partial charge in [-0.1, -0.05) is 6.07 Å².